The van der Waals surface area contributed by atoms with E-state index in [1.54, 1.807) is 0 Å². The van der Waals surface area contributed by atoms with Crippen molar-refractivity contribution < 1.29 is 9.90 Å². The molecule has 0 aliphatic heterocycles. The van der Waals surface area contributed by atoms with E-state index in [0.717, 1.165) is 12.0 Å². The van der Waals surface area contributed by atoms with Crippen LogP contribution in [0.15, 0.2) is 42.6 Å². The lowest BCUT2D eigenvalue weighted by Crippen LogP contribution is -2.40. The van der Waals surface area contributed by atoms with Gasteiger partial charge in [0, 0.05) is 12.2 Å². The van der Waals surface area contributed by atoms with E-state index in [-0.39, 0.29) is 18.5 Å². The average molecular weight is 298 g/mol. The van der Waals surface area contributed by atoms with Crippen molar-refractivity contribution in [3.63, 3.8) is 0 Å². The van der Waals surface area contributed by atoms with Crippen LogP contribution in [0.5, 0.6) is 0 Å². The molecule has 22 heavy (non-hydrogen) atoms. The van der Waals surface area contributed by atoms with Crippen molar-refractivity contribution in [2.45, 2.75) is 38.3 Å². The second-order valence-electron chi connectivity index (χ2n) is 6.27. The molecule has 3 rings (SSSR count). The summed E-state index contributed by atoms with van der Waals surface area (Å²) < 4.78 is 1.93. The maximum atomic E-state index is 12.4. The number of hydrogen-bond acceptors (Lipinski definition) is 2. The third kappa shape index (κ3) is 2.55. The fraction of sp³-hybridized carbons (Fsp3) is 0.389. The van der Waals surface area contributed by atoms with E-state index in [0.29, 0.717) is 12.1 Å². The molecule has 4 nitrogen and oxygen atoms in total. The Balaban J connectivity index is 1.73. The Morgan fingerprint density at radius 3 is 2.86 bits per heavy atom. The molecule has 1 aromatic heterocycles. The second-order valence-corrected chi connectivity index (χ2v) is 6.27. The fourth-order valence-electron chi connectivity index (χ4n) is 3.21. The molecule has 0 fully saturated rings. The van der Waals surface area contributed by atoms with Gasteiger partial charge in [-0.15, -0.1) is 0 Å². The number of aryl methyl sites for hydroxylation is 1. The van der Waals surface area contributed by atoms with Gasteiger partial charge in [0.1, 0.15) is 11.3 Å². The summed E-state index contributed by atoms with van der Waals surface area (Å²) in [7, 11) is 0. The number of nitrogens with one attached hydrogen (secondary N) is 1. The van der Waals surface area contributed by atoms with Crippen molar-refractivity contribution in [3.8, 4) is 0 Å². The SMILES string of the molecule is CC(C)n1cccc1C(=O)NCC1(O)CCc2ccccc21. The van der Waals surface area contributed by atoms with Crippen molar-refractivity contribution in [2.75, 3.05) is 6.54 Å². The molecular weight excluding hydrogens is 276 g/mol. The number of aliphatic hydroxyl groups is 1. The van der Waals surface area contributed by atoms with Gasteiger partial charge in [-0.25, -0.2) is 0 Å². The molecule has 1 aliphatic rings. The number of carbonyl (C=O) groups is 1. The van der Waals surface area contributed by atoms with Crippen LogP contribution in [0, 0.1) is 0 Å². The monoisotopic (exact) mass is 298 g/mol. The van der Waals surface area contributed by atoms with Gasteiger partial charge in [0.15, 0.2) is 0 Å². The number of benzene rings is 1. The second kappa shape index (κ2) is 5.61. The summed E-state index contributed by atoms with van der Waals surface area (Å²) in [5.74, 6) is -0.142. The van der Waals surface area contributed by atoms with Crippen LogP contribution in [0.2, 0.25) is 0 Å². The van der Waals surface area contributed by atoms with Crippen LogP contribution in [0.25, 0.3) is 0 Å². The van der Waals surface area contributed by atoms with Crippen LogP contribution >= 0.6 is 0 Å². The fourth-order valence-corrected chi connectivity index (χ4v) is 3.21. The third-order valence-corrected chi connectivity index (χ3v) is 4.44. The van der Waals surface area contributed by atoms with Crippen LogP contribution < -0.4 is 5.32 Å². The predicted molar refractivity (Wildman–Crippen MR) is 85.8 cm³/mol. The molecular formula is C18H22N2O2. The largest absolute Gasteiger partial charge is 0.383 e. The molecule has 0 radical (unpaired) electrons. The first kappa shape index (κ1) is 14.9. The first-order chi connectivity index (χ1) is 10.5. The molecule has 2 aromatic rings. The number of aromatic nitrogens is 1. The molecule has 116 valence electrons. The minimum atomic E-state index is -0.957. The van der Waals surface area contributed by atoms with Crippen LogP contribution in [-0.2, 0) is 12.0 Å². The number of amides is 1. The summed E-state index contributed by atoms with van der Waals surface area (Å²) in [4.78, 5) is 12.4. The maximum Gasteiger partial charge on any atom is 0.268 e. The normalized spacial score (nSPS) is 20.2. The lowest BCUT2D eigenvalue weighted by atomic mass is 9.96. The molecule has 0 bridgehead atoms. The lowest BCUT2D eigenvalue weighted by Gasteiger charge is -2.24. The molecule has 1 heterocycles. The Morgan fingerprint density at radius 2 is 2.09 bits per heavy atom. The van der Waals surface area contributed by atoms with Gasteiger partial charge in [-0.1, -0.05) is 24.3 Å². The molecule has 1 unspecified atom stereocenters. The highest BCUT2D eigenvalue weighted by atomic mass is 16.3. The summed E-state index contributed by atoms with van der Waals surface area (Å²) in [6, 6.07) is 11.8. The van der Waals surface area contributed by atoms with Gasteiger partial charge in [-0.2, -0.15) is 0 Å². The molecule has 2 N–H and O–H groups in total. The average Bonchev–Trinajstić information content (AvgIpc) is 3.12. The third-order valence-electron chi connectivity index (χ3n) is 4.44. The topological polar surface area (TPSA) is 54.3 Å². The smallest absolute Gasteiger partial charge is 0.268 e. The molecule has 1 aliphatic carbocycles. The Labute approximate surface area is 130 Å². The summed E-state index contributed by atoms with van der Waals surface area (Å²) in [5.41, 5.74) is 1.78. The van der Waals surface area contributed by atoms with E-state index in [9.17, 15) is 9.90 Å². The minimum Gasteiger partial charge on any atom is -0.383 e. The van der Waals surface area contributed by atoms with Gasteiger partial charge in [-0.3, -0.25) is 4.79 Å². The highest BCUT2D eigenvalue weighted by molar-refractivity contribution is 5.92. The molecule has 0 saturated heterocycles. The standard InChI is InChI=1S/C18H22N2O2/c1-13(2)20-11-5-8-16(20)17(21)19-12-18(22)10-9-14-6-3-4-7-15(14)18/h3-8,11,13,22H,9-10,12H2,1-2H3,(H,19,21). The van der Waals surface area contributed by atoms with E-state index in [1.807, 2.05) is 61.0 Å². The van der Waals surface area contributed by atoms with E-state index >= 15 is 0 Å². The van der Waals surface area contributed by atoms with Crippen LogP contribution in [0.4, 0.5) is 0 Å². The Morgan fingerprint density at radius 1 is 1.32 bits per heavy atom. The van der Waals surface area contributed by atoms with E-state index < -0.39 is 5.60 Å². The zero-order valence-corrected chi connectivity index (χ0v) is 13.0. The molecule has 0 saturated carbocycles. The zero-order valence-electron chi connectivity index (χ0n) is 13.0. The minimum absolute atomic E-state index is 0.142. The Kier molecular flexibility index (Phi) is 3.79. The predicted octanol–water partition coefficient (Wildman–Crippen LogP) is 2.63. The summed E-state index contributed by atoms with van der Waals surface area (Å²) in [6.07, 6.45) is 3.40. The molecule has 0 spiro atoms. The lowest BCUT2D eigenvalue weighted by molar-refractivity contribution is 0.0367. The van der Waals surface area contributed by atoms with Gasteiger partial charge >= 0.3 is 0 Å². The van der Waals surface area contributed by atoms with Gasteiger partial charge in [0.2, 0.25) is 0 Å². The summed E-state index contributed by atoms with van der Waals surface area (Å²) in [5, 5.41) is 13.7. The summed E-state index contributed by atoms with van der Waals surface area (Å²) in [6.45, 7) is 4.32. The molecule has 4 heteroatoms. The highest BCUT2D eigenvalue weighted by Crippen LogP contribution is 2.36. The van der Waals surface area contributed by atoms with Crippen molar-refractivity contribution in [2.24, 2.45) is 0 Å². The van der Waals surface area contributed by atoms with E-state index in [2.05, 4.69) is 5.32 Å². The van der Waals surface area contributed by atoms with Gasteiger partial charge < -0.3 is 15.0 Å². The number of carbonyl (C=O) groups excluding carboxylic acids is 1. The number of rotatable bonds is 4. The van der Waals surface area contributed by atoms with Gasteiger partial charge in [-0.05, 0) is 49.9 Å². The van der Waals surface area contributed by atoms with Crippen LogP contribution in [-0.4, -0.2) is 22.1 Å². The summed E-state index contributed by atoms with van der Waals surface area (Å²) >= 11 is 0. The number of hydrogen-bond donors (Lipinski definition) is 2. The highest BCUT2D eigenvalue weighted by Gasteiger charge is 2.36. The van der Waals surface area contributed by atoms with E-state index in [4.69, 9.17) is 0 Å². The van der Waals surface area contributed by atoms with Crippen molar-refractivity contribution in [1.29, 1.82) is 0 Å². The molecule has 1 atom stereocenters. The Hall–Kier alpha value is -2.07. The van der Waals surface area contributed by atoms with Gasteiger partial charge in [0.05, 0.1) is 6.54 Å². The Bertz CT molecular complexity index is 690. The molecule has 1 aromatic carbocycles. The van der Waals surface area contributed by atoms with Crippen LogP contribution in [0.1, 0.15) is 47.9 Å². The van der Waals surface area contributed by atoms with Gasteiger partial charge in [0.25, 0.3) is 5.91 Å². The number of fused-ring (bicyclic) bond motifs is 1. The van der Waals surface area contributed by atoms with Crippen molar-refractivity contribution in [1.82, 2.24) is 9.88 Å². The van der Waals surface area contributed by atoms with E-state index in [1.165, 1.54) is 5.56 Å². The first-order valence-corrected chi connectivity index (χ1v) is 7.77. The maximum absolute atomic E-state index is 12.4. The van der Waals surface area contributed by atoms with Crippen molar-refractivity contribution >= 4 is 5.91 Å². The number of nitrogens with zero attached hydrogens (tertiary/aromatic N) is 1. The first-order valence-electron chi connectivity index (χ1n) is 7.77. The van der Waals surface area contributed by atoms with Crippen molar-refractivity contribution in [3.05, 3.63) is 59.4 Å². The quantitative estimate of drug-likeness (QED) is 0.911. The molecule has 1 amide bonds. The zero-order chi connectivity index (χ0) is 15.7. The van der Waals surface area contributed by atoms with Crippen LogP contribution in [0.3, 0.4) is 0 Å².